The van der Waals surface area contributed by atoms with Crippen LogP contribution in [0.15, 0.2) is 40.3 Å². The maximum absolute atomic E-state index is 12.4. The van der Waals surface area contributed by atoms with Gasteiger partial charge in [0.1, 0.15) is 15.2 Å². The molecule has 26 heavy (non-hydrogen) atoms. The topological polar surface area (TPSA) is 131 Å². The van der Waals surface area contributed by atoms with Crippen molar-refractivity contribution in [2.75, 3.05) is 11.5 Å². The fourth-order valence-electron chi connectivity index (χ4n) is 2.47. The largest absolute Gasteiger partial charge is 0.382 e. The van der Waals surface area contributed by atoms with Gasteiger partial charge in [0.2, 0.25) is 5.16 Å². The van der Waals surface area contributed by atoms with E-state index in [0.717, 1.165) is 5.56 Å². The Balaban J connectivity index is 0.00000117. The van der Waals surface area contributed by atoms with Gasteiger partial charge < -0.3 is 10.7 Å². The van der Waals surface area contributed by atoms with Crippen LogP contribution in [0.4, 0.5) is 5.82 Å². The summed E-state index contributed by atoms with van der Waals surface area (Å²) in [5.74, 6) is 0.167. The van der Waals surface area contributed by atoms with Gasteiger partial charge in [0.25, 0.3) is 0 Å². The van der Waals surface area contributed by atoms with E-state index >= 15 is 0 Å². The van der Waals surface area contributed by atoms with Crippen LogP contribution in [0.2, 0.25) is 0 Å². The maximum atomic E-state index is 12.4. The fourth-order valence-corrected chi connectivity index (χ4v) is 3.71. The van der Waals surface area contributed by atoms with Crippen molar-refractivity contribution in [2.45, 2.75) is 38.9 Å². The van der Waals surface area contributed by atoms with E-state index in [1.54, 1.807) is 0 Å². The number of benzene rings is 1. The van der Waals surface area contributed by atoms with Crippen molar-refractivity contribution < 1.29 is 4.21 Å². The van der Waals surface area contributed by atoms with Gasteiger partial charge in [-0.2, -0.15) is 4.98 Å². The number of aromatic amines is 1. The summed E-state index contributed by atoms with van der Waals surface area (Å²) in [6.45, 7) is 6.13. The highest BCUT2D eigenvalue weighted by atomic mass is 32.2. The molecule has 0 radical (unpaired) electrons. The van der Waals surface area contributed by atoms with Gasteiger partial charge in [-0.3, -0.25) is 4.57 Å². The fraction of sp³-hybridized carbons (Fsp3) is 0.353. The third kappa shape index (κ3) is 3.93. The van der Waals surface area contributed by atoms with E-state index in [1.807, 2.05) is 51.1 Å². The van der Waals surface area contributed by atoms with Crippen LogP contribution in [0.25, 0.3) is 11.2 Å². The van der Waals surface area contributed by atoms with Crippen molar-refractivity contribution >= 4 is 26.7 Å². The van der Waals surface area contributed by atoms with Crippen molar-refractivity contribution in [3.63, 3.8) is 0 Å². The Morgan fingerprint density at radius 3 is 2.50 bits per heavy atom. The summed E-state index contributed by atoms with van der Waals surface area (Å²) in [6.07, 6.45) is 0.563. The minimum absolute atomic E-state index is 0.0231. The Hall–Kier alpha value is -2.68. The van der Waals surface area contributed by atoms with Gasteiger partial charge in [-0.25, -0.2) is 18.8 Å². The molecule has 1 unspecified atom stereocenters. The zero-order valence-electron chi connectivity index (χ0n) is 15.2. The van der Waals surface area contributed by atoms with E-state index in [9.17, 15) is 9.00 Å². The smallest absolute Gasteiger partial charge is 0.328 e. The number of imidazole rings is 1. The second-order valence-electron chi connectivity index (χ2n) is 5.47. The van der Waals surface area contributed by atoms with Crippen LogP contribution >= 0.6 is 0 Å². The molecule has 9 heteroatoms. The number of nitrogens with zero attached hydrogens (tertiary/aromatic N) is 3. The van der Waals surface area contributed by atoms with E-state index in [1.165, 1.54) is 4.57 Å². The minimum Gasteiger partial charge on any atom is -0.382 e. The highest BCUT2D eigenvalue weighted by Crippen LogP contribution is 2.18. The monoisotopic (exact) mass is 376 g/mol. The summed E-state index contributed by atoms with van der Waals surface area (Å²) in [5.41, 5.74) is 6.99. The van der Waals surface area contributed by atoms with Gasteiger partial charge in [-0.05, 0) is 12.0 Å². The molecule has 3 rings (SSSR count). The van der Waals surface area contributed by atoms with Crippen LogP contribution in [0, 0.1) is 4.78 Å². The lowest BCUT2D eigenvalue weighted by Crippen LogP contribution is -2.18. The zero-order valence-corrected chi connectivity index (χ0v) is 16.0. The summed E-state index contributed by atoms with van der Waals surface area (Å²) < 4.78 is 21.8. The molecule has 3 aromatic rings. The zero-order chi connectivity index (χ0) is 19.3. The Morgan fingerprint density at radius 1 is 1.23 bits per heavy atom. The molecule has 0 aliphatic heterocycles. The van der Waals surface area contributed by atoms with Crippen molar-refractivity contribution in [3.8, 4) is 0 Å². The predicted molar refractivity (Wildman–Crippen MR) is 104 cm³/mol. The summed E-state index contributed by atoms with van der Waals surface area (Å²) >= 11 is 0. The Labute approximate surface area is 152 Å². The predicted octanol–water partition coefficient (Wildman–Crippen LogP) is 2.59. The quantitative estimate of drug-likeness (QED) is 0.589. The number of nitrogens with one attached hydrogen (secondary N) is 2. The molecule has 0 spiro atoms. The number of aromatic nitrogens is 4. The van der Waals surface area contributed by atoms with Gasteiger partial charge in [0.05, 0.1) is 6.54 Å². The van der Waals surface area contributed by atoms with Crippen LogP contribution in [-0.4, -0.2) is 29.5 Å². The second-order valence-corrected chi connectivity index (χ2v) is 7.60. The van der Waals surface area contributed by atoms with Crippen molar-refractivity contribution in [3.05, 3.63) is 46.4 Å². The SMILES string of the molecule is CC.CCCS(=N)(=O)c1nc(N)c2[nH]c(=O)n(Cc3ccccc3)c2n1. The molecule has 140 valence electrons. The molecule has 4 N–H and O–H groups in total. The number of rotatable bonds is 5. The van der Waals surface area contributed by atoms with Crippen molar-refractivity contribution in [1.82, 2.24) is 19.5 Å². The Morgan fingerprint density at radius 2 is 1.88 bits per heavy atom. The summed E-state index contributed by atoms with van der Waals surface area (Å²) in [5, 5.41) is -0.129. The molecule has 0 bridgehead atoms. The van der Waals surface area contributed by atoms with E-state index in [0.29, 0.717) is 18.5 Å². The highest BCUT2D eigenvalue weighted by Gasteiger charge is 2.19. The summed E-state index contributed by atoms with van der Waals surface area (Å²) in [4.78, 5) is 23.1. The molecule has 0 aliphatic carbocycles. The van der Waals surface area contributed by atoms with Crippen LogP contribution in [0.1, 0.15) is 32.8 Å². The number of fused-ring (bicyclic) bond motifs is 1. The van der Waals surface area contributed by atoms with Crippen LogP contribution in [0.3, 0.4) is 0 Å². The van der Waals surface area contributed by atoms with Gasteiger partial charge >= 0.3 is 5.69 Å². The molecule has 0 saturated carbocycles. The molecule has 1 atom stereocenters. The molecular weight excluding hydrogens is 352 g/mol. The van der Waals surface area contributed by atoms with Gasteiger partial charge in [-0.1, -0.05) is 51.1 Å². The average molecular weight is 376 g/mol. The third-order valence-electron chi connectivity index (χ3n) is 3.60. The highest BCUT2D eigenvalue weighted by molar-refractivity contribution is 7.92. The summed E-state index contributed by atoms with van der Waals surface area (Å²) in [6, 6.07) is 9.42. The number of nitrogen functional groups attached to an aromatic ring is 1. The van der Waals surface area contributed by atoms with Crippen molar-refractivity contribution in [2.24, 2.45) is 0 Å². The molecule has 8 nitrogen and oxygen atoms in total. The van der Waals surface area contributed by atoms with E-state index < -0.39 is 9.73 Å². The van der Waals surface area contributed by atoms with Gasteiger partial charge in [-0.15, -0.1) is 0 Å². The number of H-pyrrole nitrogens is 1. The number of hydrogen-bond acceptors (Lipinski definition) is 6. The molecule has 0 saturated heterocycles. The first-order valence-electron chi connectivity index (χ1n) is 8.49. The van der Waals surface area contributed by atoms with Crippen LogP contribution < -0.4 is 11.4 Å². The normalized spacial score (nSPS) is 13.0. The van der Waals surface area contributed by atoms with E-state index in [2.05, 4.69) is 15.0 Å². The molecule has 2 heterocycles. The lowest BCUT2D eigenvalue weighted by molar-refractivity contribution is 0.665. The molecule has 0 amide bonds. The molecule has 0 aliphatic rings. The first kappa shape index (κ1) is 19.6. The Bertz CT molecular complexity index is 1040. The lowest BCUT2D eigenvalue weighted by atomic mass is 10.2. The van der Waals surface area contributed by atoms with Crippen molar-refractivity contribution in [1.29, 1.82) is 4.78 Å². The molecule has 0 fully saturated rings. The minimum atomic E-state index is -3.14. The molecular formula is C17H24N6O2S. The van der Waals surface area contributed by atoms with Gasteiger partial charge in [0, 0.05) is 5.75 Å². The number of nitrogens with two attached hydrogens (primary N) is 1. The molecule has 2 aromatic heterocycles. The van der Waals surface area contributed by atoms with E-state index in [-0.39, 0.29) is 28.1 Å². The third-order valence-corrected chi connectivity index (χ3v) is 5.36. The Kier molecular flexibility index (Phi) is 6.14. The number of anilines is 1. The average Bonchev–Trinajstić information content (AvgIpc) is 2.94. The maximum Gasteiger partial charge on any atom is 0.328 e. The standard InChI is InChI=1S/C15H18N6O2S.C2H6/c1-2-8-24(17,23)14-19-12(16)11-13(20-14)21(15(22)18-11)9-10-6-4-3-5-7-10;1-2/h3-7,17H,2,8-9H2,1H3,(H,18,22)(H2,16,19,20);1-2H3. The van der Waals surface area contributed by atoms with E-state index in [4.69, 9.17) is 10.5 Å². The van der Waals surface area contributed by atoms with Crippen LogP contribution in [-0.2, 0) is 16.3 Å². The summed E-state index contributed by atoms with van der Waals surface area (Å²) in [7, 11) is -3.14. The first-order chi connectivity index (χ1) is 12.4. The first-order valence-corrected chi connectivity index (χ1v) is 10.2. The number of hydrogen-bond donors (Lipinski definition) is 3. The van der Waals surface area contributed by atoms with Gasteiger partial charge in [0.15, 0.2) is 11.5 Å². The van der Waals surface area contributed by atoms with Crippen LogP contribution in [0.5, 0.6) is 0 Å². The second kappa shape index (κ2) is 8.13. The lowest BCUT2D eigenvalue weighted by Gasteiger charge is -2.07. The molecule has 1 aromatic carbocycles.